The van der Waals surface area contributed by atoms with Crippen LogP contribution >= 0.6 is 15.9 Å². The summed E-state index contributed by atoms with van der Waals surface area (Å²) in [5.74, 6) is 1.65. The number of allylic oxidation sites excluding steroid dienone is 4. The van der Waals surface area contributed by atoms with E-state index >= 15 is 0 Å². The van der Waals surface area contributed by atoms with Crippen LogP contribution in [0.5, 0.6) is 11.6 Å². The molecule has 2 aromatic heterocycles. The minimum Gasteiger partial charge on any atom is -0.433 e. The fourth-order valence-electron chi connectivity index (χ4n) is 2.59. The molecule has 7 heteroatoms. The quantitative estimate of drug-likeness (QED) is 0.789. The Kier molecular flexibility index (Phi) is 5.30. The Bertz CT molecular complexity index is 739. The fraction of sp³-hybridized carbons (Fsp3) is 0.353. The molecule has 0 aliphatic heterocycles. The first-order valence-corrected chi connectivity index (χ1v) is 8.78. The fourth-order valence-corrected chi connectivity index (χ4v) is 2.85. The molecule has 3 rings (SSSR count). The molecule has 0 spiro atoms. The molecule has 1 aliphatic rings. The average molecular weight is 390 g/mol. The van der Waals surface area contributed by atoms with Gasteiger partial charge in [0.05, 0.1) is 24.6 Å². The molecule has 0 aromatic carbocycles. The van der Waals surface area contributed by atoms with E-state index in [0.717, 1.165) is 19.3 Å². The van der Waals surface area contributed by atoms with Crippen LogP contribution in [-0.4, -0.2) is 19.7 Å². The molecule has 2 unspecified atom stereocenters. The summed E-state index contributed by atoms with van der Waals surface area (Å²) < 4.78 is 8.20. The van der Waals surface area contributed by atoms with Gasteiger partial charge in [0, 0.05) is 0 Å². The molecule has 0 bridgehead atoms. The Hall–Kier alpha value is -2.15. The highest BCUT2D eigenvalue weighted by Crippen LogP contribution is 2.27. The molecule has 2 heterocycles. The Labute approximate surface area is 149 Å². The molecule has 0 saturated carbocycles. The second-order valence-corrected chi connectivity index (χ2v) is 6.51. The number of nitrogen functional groups attached to an aromatic ring is 1. The van der Waals surface area contributed by atoms with Gasteiger partial charge in [-0.3, -0.25) is 4.68 Å². The zero-order valence-corrected chi connectivity index (χ0v) is 15.1. The Morgan fingerprint density at radius 3 is 2.75 bits per heavy atom. The Morgan fingerprint density at radius 2 is 2.04 bits per heavy atom. The van der Waals surface area contributed by atoms with Gasteiger partial charge >= 0.3 is 0 Å². The molecule has 6 nitrogen and oxygen atoms in total. The molecule has 2 aromatic rings. The van der Waals surface area contributed by atoms with Gasteiger partial charge in [-0.15, -0.1) is 0 Å². The van der Waals surface area contributed by atoms with Gasteiger partial charge in [-0.05, 0) is 41.1 Å². The summed E-state index contributed by atoms with van der Waals surface area (Å²) >= 11 is 3.26. The first-order valence-electron chi connectivity index (χ1n) is 7.99. The van der Waals surface area contributed by atoms with E-state index in [4.69, 9.17) is 10.5 Å². The topological polar surface area (TPSA) is 78.8 Å². The third-order valence-corrected chi connectivity index (χ3v) is 4.34. The minimum absolute atomic E-state index is 0.244. The van der Waals surface area contributed by atoms with Crippen LogP contribution < -0.4 is 10.5 Å². The van der Waals surface area contributed by atoms with E-state index < -0.39 is 0 Å². The van der Waals surface area contributed by atoms with Crippen molar-refractivity contribution in [3.05, 3.63) is 47.5 Å². The van der Waals surface area contributed by atoms with E-state index in [1.54, 1.807) is 6.20 Å². The molecule has 2 atom stereocenters. The van der Waals surface area contributed by atoms with Crippen molar-refractivity contribution in [3.63, 3.8) is 0 Å². The third kappa shape index (κ3) is 4.03. The zero-order chi connectivity index (χ0) is 16.9. The van der Waals surface area contributed by atoms with Crippen molar-refractivity contribution in [2.75, 3.05) is 5.73 Å². The van der Waals surface area contributed by atoms with Crippen molar-refractivity contribution in [2.45, 2.75) is 32.2 Å². The second kappa shape index (κ2) is 7.61. The summed E-state index contributed by atoms with van der Waals surface area (Å²) in [4.78, 5) is 8.19. The van der Waals surface area contributed by atoms with Gasteiger partial charge in [-0.25, -0.2) is 9.97 Å². The van der Waals surface area contributed by atoms with Gasteiger partial charge in [-0.1, -0.05) is 31.2 Å². The highest BCUT2D eigenvalue weighted by atomic mass is 79.9. The predicted octanol–water partition coefficient (Wildman–Crippen LogP) is 4.28. The Morgan fingerprint density at radius 1 is 1.29 bits per heavy atom. The van der Waals surface area contributed by atoms with Gasteiger partial charge in [0.25, 0.3) is 5.88 Å². The average Bonchev–Trinajstić information content (AvgIpc) is 2.99. The van der Waals surface area contributed by atoms with E-state index in [1.807, 2.05) is 10.9 Å². The lowest BCUT2D eigenvalue weighted by atomic mass is 9.99. The molecule has 2 N–H and O–H groups in total. The van der Waals surface area contributed by atoms with Gasteiger partial charge in [-0.2, -0.15) is 5.10 Å². The van der Waals surface area contributed by atoms with Gasteiger partial charge in [0.15, 0.2) is 11.6 Å². The number of halogens is 1. The molecule has 0 amide bonds. The minimum atomic E-state index is 0.244. The van der Waals surface area contributed by atoms with Crippen LogP contribution in [0.1, 0.15) is 32.2 Å². The van der Waals surface area contributed by atoms with E-state index in [1.165, 1.54) is 6.20 Å². The number of hydrogen-bond donors (Lipinski definition) is 1. The number of anilines is 1. The van der Waals surface area contributed by atoms with Crippen molar-refractivity contribution >= 4 is 21.7 Å². The van der Waals surface area contributed by atoms with E-state index in [-0.39, 0.29) is 17.7 Å². The van der Waals surface area contributed by atoms with Crippen LogP contribution in [0, 0.1) is 5.92 Å². The maximum atomic E-state index is 5.79. The lowest BCUT2D eigenvalue weighted by Crippen LogP contribution is -2.09. The number of nitrogens with zero attached hydrogens (tertiary/aromatic N) is 4. The summed E-state index contributed by atoms with van der Waals surface area (Å²) in [7, 11) is 0. The number of hydrogen-bond acceptors (Lipinski definition) is 5. The highest BCUT2D eigenvalue weighted by Gasteiger charge is 2.14. The van der Waals surface area contributed by atoms with Crippen molar-refractivity contribution < 1.29 is 4.74 Å². The largest absolute Gasteiger partial charge is 0.433 e. The standard InChI is InChI=1S/C17H20BrN5O/c1-2-12-5-3-7-13(8-4-6-12)23-11-14(9-21-23)24-17-16(19)20-10-15(18)22-17/h3-6,9-13H,2,7-8H2,1H3,(H2,19,20)/b5-3-,6-4?. The molecule has 126 valence electrons. The molecular weight excluding hydrogens is 370 g/mol. The molecule has 0 saturated heterocycles. The van der Waals surface area contributed by atoms with Crippen LogP contribution in [0.25, 0.3) is 0 Å². The SMILES string of the molecule is CCC1C=CCC(n2cc(Oc3nc(Br)cnc3N)cn2)C/C=C\1. The first kappa shape index (κ1) is 16.7. The van der Waals surface area contributed by atoms with E-state index in [0.29, 0.717) is 16.3 Å². The first-order chi connectivity index (χ1) is 11.7. The van der Waals surface area contributed by atoms with Gasteiger partial charge in [0.2, 0.25) is 0 Å². The summed E-state index contributed by atoms with van der Waals surface area (Å²) in [6.07, 6.45) is 17.1. The lowest BCUT2D eigenvalue weighted by molar-refractivity contribution is 0.444. The Balaban J connectivity index is 1.71. The summed E-state index contributed by atoms with van der Waals surface area (Å²) in [5, 5.41) is 4.42. The van der Waals surface area contributed by atoms with Crippen LogP contribution in [0.3, 0.4) is 0 Å². The number of aromatic nitrogens is 4. The van der Waals surface area contributed by atoms with Crippen molar-refractivity contribution in [2.24, 2.45) is 5.92 Å². The van der Waals surface area contributed by atoms with Crippen LogP contribution in [-0.2, 0) is 0 Å². The maximum Gasteiger partial charge on any atom is 0.263 e. The third-order valence-electron chi connectivity index (χ3n) is 3.96. The summed E-state index contributed by atoms with van der Waals surface area (Å²) in [6.45, 7) is 2.20. The van der Waals surface area contributed by atoms with E-state index in [2.05, 4.69) is 62.2 Å². The number of ether oxygens (including phenoxy) is 1. The summed E-state index contributed by atoms with van der Waals surface area (Å²) in [5.41, 5.74) is 5.79. The maximum absolute atomic E-state index is 5.79. The van der Waals surface area contributed by atoms with Gasteiger partial charge < -0.3 is 10.5 Å². The van der Waals surface area contributed by atoms with Crippen molar-refractivity contribution in [3.8, 4) is 11.6 Å². The van der Waals surface area contributed by atoms with Crippen molar-refractivity contribution in [1.29, 1.82) is 0 Å². The van der Waals surface area contributed by atoms with Crippen LogP contribution in [0.15, 0.2) is 47.5 Å². The predicted molar refractivity (Wildman–Crippen MR) is 96.8 cm³/mol. The number of rotatable bonds is 4. The molecule has 1 aliphatic carbocycles. The zero-order valence-electron chi connectivity index (χ0n) is 13.5. The number of nitrogens with two attached hydrogens (primary N) is 1. The normalized spacial score (nSPS) is 21.9. The molecule has 24 heavy (non-hydrogen) atoms. The summed E-state index contributed by atoms with van der Waals surface area (Å²) in [6, 6.07) is 0.276. The van der Waals surface area contributed by atoms with Gasteiger partial charge in [0.1, 0.15) is 4.60 Å². The molecular formula is C17H20BrN5O. The smallest absolute Gasteiger partial charge is 0.263 e. The molecule has 0 radical (unpaired) electrons. The van der Waals surface area contributed by atoms with Crippen LogP contribution in [0.2, 0.25) is 0 Å². The highest BCUT2D eigenvalue weighted by molar-refractivity contribution is 9.10. The van der Waals surface area contributed by atoms with Crippen molar-refractivity contribution in [1.82, 2.24) is 19.7 Å². The second-order valence-electron chi connectivity index (χ2n) is 5.69. The van der Waals surface area contributed by atoms with E-state index in [9.17, 15) is 0 Å². The molecule has 0 fully saturated rings. The monoisotopic (exact) mass is 389 g/mol. The van der Waals surface area contributed by atoms with Crippen LogP contribution in [0.4, 0.5) is 5.82 Å². The lowest BCUT2D eigenvalue weighted by Gasteiger charge is -2.16.